The molecule has 0 aromatic carbocycles. The zero-order valence-corrected chi connectivity index (χ0v) is 15.6. The lowest BCUT2D eigenvalue weighted by Crippen LogP contribution is -2.38. The van der Waals surface area contributed by atoms with Gasteiger partial charge in [-0.05, 0) is 18.9 Å². The fourth-order valence-corrected chi connectivity index (χ4v) is 2.18. The van der Waals surface area contributed by atoms with Crippen molar-refractivity contribution >= 4 is 11.8 Å². The van der Waals surface area contributed by atoms with E-state index >= 15 is 0 Å². The molecular weight excluding hydrogens is 342 g/mol. The molecule has 2 N–H and O–H groups in total. The van der Waals surface area contributed by atoms with E-state index in [9.17, 15) is 9.59 Å². The van der Waals surface area contributed by atoms with E-state index < -0.39 is 18.1 Å². The molecule has 2 amide bonds. The lowest BCUT2D eigenvalue weighted by Gasteiger charge is -2.19. The molecule has 0 radical (unpaired) electrons. The van der Waals surface area contributed by atoms with Gasteiger partial charge in [-0.2, -0.15) is 0 Å². The molecule has 0 aliphatic carbocycles. The van der Waals surface area contributed by atoms with Crippen molar-refractivity contribution in [3.8, 4) is 11.6 Å². The van der Waals surface area contributed by atoms with Gasteiger partial charge in [0.05, 0.1) is 14.2 Å². The van der Waals surface area contributed by atoms with Crippen molar-refractivity contribution in [1.82, 2.24) is 15.9 Å². The van der Waals surface area contributed by atoms with Crippen LogP contribution in [0.2, 0.25) is 0 Å². The van der Waals surface area contributed by atoms with E-state index in [1.807, 2.05) is 13.8 Å². The molecule has 0 spiro atoms. The predicted molar refractivity (Wildman–Crippen MR) is 93.2 cm³/mol. The number of pyridine rings is 1. The standard InChI is InChI=1S/C17H27N3O6/c1-5-7-13(16(21)19-23-3)25-12-9-10-18-15(11-12)26-14(8-6-2)17(22)20-24-4/h9-11,13-14H,5-8H2,1-4H3,(H,19,21)(H,20,22). The van der Waals surface area contributed by atoms with Gasteiger partial charge in [0.25, 0.3) is 11.8 Å². The minimum Gasteiger partial charge on any atom is -0.480 e. The van der Waals surface area contributed by atoms with Gasteiger partial charge in [0, 0.05) is 12.3 Å². The average molecular weight is 369 g/mol. The number of rotatable bonds is 12. The molecule has 0 saturated heterocycles. The Balaban J connectivity index is 2.84. The molecule has 0 fully saturated rings. The molecule has 0 aliphatic heterocycles. The van der Waals surface area contributed by atoms with Crippen LogP contribution >= 0.6 is 0 Å². The van der Waals surface area contributed by atoms with Crippen molar-refractivity contribution in [2.24, 2.45) is 0 Å². The van der Waals surface area contributed by atoms with E-state index in [-0.39, 0.29) is 11.8 Å². The molecule has 146 valence electrons. The van der Waals surface area contributed by atoms with Crippen LogP contribution in [-0.2, 0) is 19.3 Å². The number of aromatic nitrogens is 1. The Morgan fingerprint density at radius 1 is 1.00 bits per heavy atom. The molecule has 2 atom stereocenters. The molecular formula is C17H27N3O6. The Bertz CT molecular complexity index is 524. The van der Waals surface area contributed by atoms with Crippen molar-refractivity contribution in [2.75, 3.05) is 14.2 Å². The molecule has 1 rings (SSSR count). The number of hydroxylamine groups is 2. The topological polar surface area (TPSA) is 108 Å². The van der Waals surface area contributed by atoms with Gasteiger partial charge in [0.1, 0.15) is 5.75 Å². The van der Waals surface area contributed by atoms with E-state index in [0.29, 0.717) is 18.6 Å². The summed E-state index contributed by atoms with van der Waals surface area (Å²) < 4.78 is 11.4. The molecule has 9 heteroatoms. The molecule has 0 aliphatic rings. The summed E-state index contributed by atoms with van der Waals surface area (Å²) in [6, 6.07) is 3.14. The minimum absolute atomic E-state index is 0.217. The van der Waals surface area contributed by atoms with Crippen LogP contribution < -0.4 is 20.4 Å². The third-order valence-electron chi connectivity index (χ3n) is 3.34. The molecule has 9 nitrogen and oxygen atoms in total. The van der Waals surface area contributed by atoms with Crippen molar-refractivity contribution in [3.63, 3.8) is 0 Å². The number of hydrogen-bond donors (Lipinski definition) is 2. The normalized spacial score (nSPS) is 12.8. The summed E-state index contributed by atoms with van der Waals surface area (Å²) in [5.74, 6) is -0.153. The third-order valence-corrected chi connectivity index (χ3v) is 3.34. The molecule has 0 saturated carbocycles. The van der Waals surface area contributed by atoms with Gasteiger partial charge in [-0.3, -0.25) is 19.3 Å². The van der Waals surface area contributed by atoms with E-state index in [4.69, 9.17) is 9.47 Å². The van der Waals surface area contributed by atoms with Crippen LogP contribution in [0.25, 0.3) is 0 Å². The van der Waals surface area contributed by atoms with Gasteiger partial charge in [-0.25, -0.2) is 15.9 Å². The summed E-state index contributed by atoms with van der Waals surface area (Å²) in [6.45, 7) is 3.88. The van der Waals surface area contributed by atoms with Gasteiger partial charge in [-0.1, -0.05) is 26.7 Å². The minimum atomic E-state index is -0.745. The SMILES string of the molecule is CCCC(Oc1ccnc(OC(CCC)C(=O)NOC)c1)C(=O)NOC. The molecule has 1 aromatic rings. The number of amides is 2. The first-order chi connectivity index (χ1) is 12.5. The smallest absolute Gasteiger partial charge is 0.284 e. The van der Waals surface area contributed by atoms with Crippen LogP contribution in [0.5, 0.6) is 11.6 Å². The lowest BCUT2D eigenvalue weighted by molar-refractivity contribution is -0.139. The second-order valence-electron chi connectivity index (χ2n) is 5.46. The quantitative estimate of drug-likeness (QED) is 0.538. The Morgan fingerprint density at radius 3 is 2.04 bits per heavy atom. The van der Waals surface area contributed by atoms with Gasteiger partial charge in [-0.15, -0.1) is 0 Å². The van der Waals surface area contributed by atoms with Crippen LogP contribution in [-0.4, -0.2) is 43.2 Å². The van der Waals surface area contributed by atoms with Crippen LogP contribution in [0, 0.1) is 0 Å². The summed E-state index contributed by atoms with van der Waals surface area (Å²) in [6.07, 6.45) is 2.54. The highest BCUT2D eigenvalue weighted by atomic mass is 16.6. The Kier molecular flexibility index (Phi) is 10.0. The van der Waals surface area contributed by atoms with Gasteiger partial charge in [0.2, 0.25) is 5.88 Å². The second kappa shape index (κ2) is 12.0. The van der Waals surface area contributed by atoms with Crippen molar-refractivity contribution in [2.45, 2.75) is 51.7 Å². The predicted octanol–water partition coefficient (Wildman–Crippen LogP) is 1.53. The monoisotopic (exact) mass is 369 g/mol. The average Bonchev–Trinajstić information content (AvgIpc) is 2.62. The Labute approximate surface area is 153 Å². The number of ether oxygens (including phenoxy) is 2. The first kappa shape index (κ1) is 21.7. The van der Waals surface area contributed by atoms with E-state index in [2.05, 4.69) is 25.6 Å². The molecule has 1 heterocycles. The molecule has 1 aromatic heterocycles. The first-order valence-electron chi connectivity index (χ1n) is 8.50. The zero-order valence-electron chi connectivity index (χ0n) is 15.6. The van der Waals surface area contributed by atoms with Crippen molar-refractivity contribution < 1.29 is 28.7 Å². The number of carbonyl (C=O) groups is 2. The number of carbonyl (C=O) groups excluding carboxylic acids is 2. The Hall–Kier alpha value is -2.39. The van der Waals surface area contributed by atoms with Crippen LogP contribution in [0.3, 0.4) is 0 Å². The highest BCUT2D eigenvalue weighted by Gasteiger charge is 2.22. The van der Waals surface area contributed by atoms with Crippen LogP contribution in [0.1, 0.15) is 39.5 Å². The molecule has 26 heavy (non-hydrogen) atoms. The van der Waals surface area contributed by atoms with Crippen molar-refractivity contribution in [1.29, 1.82) is 0 Å². The Morgan fingerprint density at radius 2 is 1.54 bits per heavy atom. The zero-order chi connectivity index (χ0) is 19.4. The van der Waals surface area contributed by atoms with Gasteiger partial charge < -0.3 is 9.47 Å². The molecule has 2 unspecified atom stereocenters. The first-order valence-corrected chi connectivity index (χ1v) is 8.50. The van der Waals surface area contributed by atoms with Crippen LogP contribution in [0.4, 0.5) is 0 Å². The summed E-state index contributed by atoms with van der Waals surface area (Å²) in [7, 11) is 2.71. The van der Waals surface area contributed by atoms with E-state index in [1.165, 1.54) is 26.5 Å². The van der Waals surface area contributed by atoms with Gasteiger partial charge >= 0.3 is 0 Å². The highest BCUT2D eigenvalue weighted by Crippen LogP contribution is 2.21. The molecule has 0 bridgehead atoms. The summed E-state index contributed by atoms with van der Waals surface area (Å²) >= 11 is 0. The van der Waals surface area contributed by atoms with Gasteiger partial charge in [0.15, 0.2) is 12.2 Å². The summed E-state index contributed by atoms with van der Waals surface area (Å²) in [5.41, 5.74) is 4.52. The number of nitrogens with one attached hydrogen (secondary N) is 2. The fourth-order valence-electron chi connectivity index (χ4n) is 2.18. The maximum absolute atomic E-state index is 12.0. The fraction of sp³-hybridized carbons (Fsp3) is 0.588. The van der Waals surface area contributed by atoms with E-state index in [1.54, 1.807) is 6.07 Å². The maximum atomic E-state index is 12.0. The third kappa shape index (κ3) is 7.24. The maximum Gasteiger partial charge on any atom is 0.284 e. The van der Waals surface area contributed by atoms with Crippen LogP contribution in [0.15, 0.2) is 18.3 Å². The summed E-state index contributed by atoms with van der Waals surface area (Å²) in [4.78, 5) is 37.3. The largest absolute Gasteiger partial charge is 0.480 e. The lowest BCUT2D eigenvalue weighted by atomic mass is 10.2. The highest BCUT2D eigenvalue weighted by molar-refractivity contribution is 5.80. The van der Waals surface area contributed by atoms with E-state index in [0.717, 1.165) is 12.8 Å². The number of hydrogen-bond acceptors (Lipinski definition) is 7. The number of nitrogens with zero attached hydrogens (tertiary/aromatic N) is 1. The second-order valence-corrected chi connectivity index (χ2v) is 5.46. The van der Waals surface area contributed by atoms with Crippen molar-refractivity contribution in [3.05, 3.63) is 18.3 Å². The summed E-state index contributed by atoms with van der Waals surface area (Å²) in [5, 5.41) is 0.